The van der Waals surface area contributed by atoms with E-state index in [1.54, 1.807) is 23.7 Å². The number of aromatic nitrogens is 4. The molecule has 0 aliphatic carbocycles. The molecule has 6 nitrogen and oxygen atoms in total. The topological polar surface area (TPSA) is 78.9 Å². The van der Waals surface area contributed by atoms with Crippen molar-refractivity contribution in [2.45, 2.75) is 13.0 Å². The first-order chi connectivity index (χ1) is 12.3. The average Bonchev–Trinajstić information content (AvgIpc) is 3.27. The fourth-order valence-corrected chi connectivity index (χ4v) is 3.40. The maximum atomic E-state index is 8.85. The van der Waals surface area contributed by atoms with E-state index >= 15 is 0 Å². The summed E-state index contributed by atoms with van der Waals surface area (Å²) in [7, 11) is 0. The molecule has 0 unspecified atom stereocenters. The number of imidazole rings is 1. The molecule has 0 spiro atoms. The van der Waals surface area contributed by atoms with Crippen molar-refractivity contribution in [2.24, 2.45) is 0 Å². The largest absolute Gasteiger partial charge is 0.356 e. The third kappa shape index (κ3) is 3.34. The molecule has 4 rings (SSSR count). The molecule has 25 heavy (non-hydrogen) atoms. The van der Waals surface area contributed by atoms with E-state index in [9.17, 15) is 0 Å². The molecule has 0 saturated carbocycles. The van der Waals surface area contributed by atoms with Crippen LogP contribution in [0.2, 0.25) is 0 Å². The Morgan fingerprint density at radius 1 is 1.12 bits per heavy atom. The number of fused-ring (bicyclic) bond motifs is 1. The van der Waals surface area contributed by atoms with Crippen molar-refractivity contribution in [3.8, 4) is 6.07 Å². The van der Waals surface area contributed by atoms with Crippen LogP contribution in [0.25, 0.3) is 5.65 Å². The molecule has 122 valence electrons. The van der Waals surface area contributed by atoms with Gasteiger partial charge in [-0.2, -0.15) is 5.26 Å². The summed E-state index contributed by atoms with van der Waals surface area (Å²) in [5.41, 5.74) is 3.74. The average molecular weight is 346 g/mol. The fraction of sp³-hybridized carbons (Fsp3) is 0.111. The summed E-state index contributed by atoms with van der Waals surface area (Å²) in [5.74, 6) is 0. The SMILES string of the molecule is N#Cc1ccc(Cc2cnc(NCc3cnc4cnccn34)s2)cc1. The van der Waals surface area contributed by atoms with Gasteiger partial charge in [-0.25, -0.2) is 9.97 Å². The third-order valence-corrected chi connectivity index (χ3v) is 4.78. The maximum absolute atomic E-state index is 8.85. The highest BCUT2D eigenvalue weighted by atomic mass is 32.1. The number of nitriles is 1. The van der Waals surface area contributed by atoms with E-state index in [2.05, 4.69) is 26.3 Å². The fourth-order valence-electron chi connectivity index (χ4n) is 2.56. The lowest BCUT2D eigenvalue weighted by Crippen LogP contribution is -2.02. The Balaban J connectivity index is 1.42. The normalized spacial score (nSPS) is 10.7. The van der Waals surface area contributed by atoms with Gasteiger partial charge in [-0.1, -0.05) is 12.1 Å². The van der Waals surface area contributed by atoms with Gasteiger partial charge < -0.3 is 5.32 Å². The van der Waals surface area contributed by atoms with E-state index < -0.39 is 0 Å². The molecular weight excluding hydrogens is 332 g/mol. The smallest absolute Gasteiger partial charge is 0.183 e. The van der Waals surface area contributed by atoms with E-state index in [0.717, 1.165) is 22.9 Å². The lowest BCUT2D eigenvalue weighted by atomic mass is 10.1. The first-order valence-electron chi connectivity index (χ1n) is 7.75. The van der Waals surface area contributed by atoms with Crippen molar-refractivity contribution in [3.63, 3.8) is 0 Å². The van der Waals surface area contributed by atoms with Gasteiger partial charge in [-0.15, -0.1) is 11.3 Å². The van der Waals surface area contributed by atoms with Crippen molar-refractivity contribution in [3.05, 3.63) is 76.9 Å². The van der Waals surface area contributed by atoms with Crippen LogP contribution in [0.3, 0.4) is 0 Å². The molecular formula is C18H14N6S. The van der Waals surface area contributed by atoms with Crippen LogP contribution in [0.4, 0.5) is 5.13 Å². The summed E-state index contributed by atoms with van der Waals surface area (Å²) in [4.78, 5) is 14.0. The second-order valence-electron chi connectivity index (χ2n) is 5.52. The molecule has 0 aliphatic heterocycles. The van der Waals surface area contributed by atoms with Gasteiger partial charge in [0.2, 0.25) is 0 Å². The highest BCUT2D eigenvalue weighted by Crippen LogP contribution is 2.22. The van der Waals surface area contributed by atoms with Crippen LogP contribution < -0.4 is 5.32 Å². The van der Waals surface area contributed by atoms with Gasteiger partial charge in [0.1, 0.15) is 0 Å². The third-order valence-electron chi connectivity index (χ3n) is 3.83. The Morgan fingerprint density at radius 2 is 2.00 bits per heavy atom. The first kappa shape index (κ1) is 15.3. The van der Waals surface area contributed by atoms with Gasteiger partial charge in [-0.3, -0.25) is 9.38 Å². The summed E-state index contributed by atoms with van der Waals surface area (Å²) in [6.45, 7) is 0.648. The lowest BCUT2D eigenvalue weighted by molar-refractivity contribution is 0.988. The number of hydrogen-bond acceptors (Lipinski definition) is 6. The Hall–Kier alpha value is -3.24. The van der Waals surface area contributed by atoms with Gasteiger partial charge in [0.25, 0.3) is 0 Å². The number of nitrogens with one attached hydrogen (secondary N) is 1. The summed E-state index contributed by atoms with van der Waals surface area (Å²) in [6, 6.07) is 9.79. The minimum absolute atomic E-state index is 0.648. The summed E-state index contributed by atoms with van der Waals surface area (Å²) >= 11 is 1.64. The maximum Gasteiger partial charge on any atom is 0.183 e. The minimum Gasteiger partial charge on any atom is -0.356 e. The predicted octanol–water partition coefficient (Wildman–Crippen LogP) is 3.26. The van der Waals surface area contributed by atoms with Gasteiger partial charge in [-0.05, 0) is 17.7 Å². The number of hydrogen-bond donors (Lipinski definition) is 1. The number of anilines is 1. The van der Waals surface area contributed by atoms with Crippen LogP contribution in [0, 0.1) is 11.3 Å². The standard InChI is InChI=1S/C18H14N6S/c19-8-14-3-1-13(2-4-14)7-16-11-23-18(25-16)22-10-15-9-21-17-12-20-5-6-24(15)17/h1-6,9,11-12H,7,10H2,(H,22,23). The van der Waals surface area contributed by atoms with E-state index in [1.165, 1.54) is 10.4 Å². The zero-order chi connectivity index (χ0) is 17.1. The summed E-state index contributed by atoms with van der Waals surface area (Å²) < 4.78 is 2.01. The van der Waals surface area contributed by atoms with Crippen molar-refractivity contribution in [1.82, 2.24) is 19.4 Å². The number of nitrogens with zero attached hydrogens (tertiary/aromatic N) is 5. The quantitative estimate of drug-likeness (QED) is 0.600. The summed E-state index contributed by atoms with van der Waals surface area (Å²) in [6.07, 6.45) is 9.93. The van der Waals surface area contributed by atoms with E-state index in [-0.39, 0.29) is 0 Å². The molecule has 0 saturated heterocycles. The molecule has 0 fully saturated rings. The molecule has 0 radical (unpaired) electrons. The molecule has 3 heterocycles. The van der Waals surface area contributed by atoms with Crippen LogP contribution in [0.5, 0.6) is 0 Å². The Morgan fingerprint density at radius 3 is 2.84 bits per heavy atom. The monoisotopic (exact) mass is 346 g/mol. The van der Waals surface area contributed by atoms with E-state index in [1.807, 2.05) is 47.3 Å². The van der Waals surface area contributed by atoms with E-state index in [4.69, 9.17) is 5.26 Å². The van der Waals surface area contributed by atoms with Gasteiger partial charge in [0, 0.05) is 29.9 Å². The molecule has 1 aromatic carbocycles. The molecule has 3 aromatic heterocycles. The molecule has 0 aliphatic rings. The van der Waals surface area contributed by atoms with Crippen molar-refractivity contribution in [1.29, 1.82) is 5.26 Å². The molecule has 1 N–H and O–H groups in total. The van der Waals surface area contributed by atoms with Crippen LogP contribution in [0.15, 0.2) is 55.2 Å². The predicted molar refractivity (Wildman–Crippen MR) is 96.4 cm³/mol. The van der Waals surface area contributed by atoms with Crippen molar-refractivity contribution < 1.29 is 0 Å². The molecule has 0 atom stereocenters. The Bertz CT molecular complexity index is 1040. The number of thiazole rings is 1. The minimum atomic E-state index is 0.648. The molecule has 0 bridgehead atoms. The van der Waals surface area contributed by atoms with Crippen LogP contribution >= 0.6 is 11.3 Å². The number of benzene rings is 1. The Labute approximate surface area is 148 Å². The zero-order valence-corrected chi connectivity index (χ0v) is 14.1. The van der Waals surface area contributed by atoms with Gasteiger partial charge >= 0.3 is 0 Å². The second kappa shape index (κ2) is 6.71. The highest BCUT2D eigenvalue weighted by molar-refractivity contribution is 7.15. The lowest BCUT2D eigenvalue weighted by Gasteiger charge is -2.02. The van der Waals surface area contributed by atoms with Crippen LogP contribution in [0.1, 0.15) is 21.7 Å². The Kier molecular flexibility index (Phi) is 4.11. The molecule has 0 amide bonds. The van der Waals surface area contributed by atoms with Crippen LogP contribution in [-0.2, 0) is 13.0 Å². The van der Waals surface area contributed by atoms with Crippen molar-refractivity contribution in [2.75, 3.05) is 5.32 Å². The van der Waals surface area contributed by atoms with Gasteiger partial charge in [0.05, 0.1) is 36.3 Å². The number of rotatable bonds is 5. The first-order valence-corrected chi connectivity index (χ1v) is 8.57. The molecule has 4 aromatic rings. The molecule has 7 heteroatoms. The second-order valence-corrected chi connectivity index (χ2v) is 6.64. The van der Waals surface area contributed by atoms with Crippen LogP contribution in [-0.4, -0.2) is 19.4 Å². The van der Waals surface area contributed by atoms with Gasteiger partial charge in [0.15, 0.2) is 10.8 Å². The van der Waals surface area contributed by atoms with Crippen molar-refractivity contribution >= 4 is 22.1 Å². The summed E-state index contributed by atoms with van der Waals surface area (Å²) in [5, 5.41) is 13.1. The zero-order valence-electron chi connectivity index (χ0n) is 13.3. The van der Waals surface area contributed by atoms with E-state index in [0.29, 0.717) is 12.1 Å². The highest BCUT2D eigenvalue weighted by Gasteiger charge is 2.06.